The first-order chi connectivity index (χ1) is 14.1. The predicted molar refractivity (Wildman–Crippen MR) is 111 cm³/mol. The summed E-state index contributed by atoms with van der Waals surface area (Å²) in [5, 5.41) is 12.8. The van der Waals surface area contributed by atoms with Crippen molar-refractivity contribution in [3.63, 3.8) is 0 Å². The summed E-state index contributed by atoms with van der Waals surface area (Å²) in [5.74, 6) is -4.46. The Morgan fingerprint density at radius 1 is 1.23 bits per heavy atom. The maximum atomic E-state index is 14.8. The number of carbonyl (C=O) groups is 2. The molecule has 5 nitrogen and oxygen atoms in total. The lowest BCUT2D eigenvalue weighted by Crippen LogP contribution is -2.33. The molecule has 1 heterocycles. The third-order valence-electron chi connectivity index (χ3n) is 5.14. The summed E-state index contributed by atoms with van der Waals surface area (Å²) in [6, 6.07) is 6.87. The lowest BCUT2D eigenvalue weighted by Gasteiger charge is -2.12. The van der Waals surface area contributed by atoms with Gasteiger partial charge < -0.3 is 10.4 Å². The van der Waals surface area contributed by atoms with Crippen LogP contribution in [0.5, 0.6) is 5.75 Å². The smallest absolute Gasteiger partial charge is 0.262 e. The van der Waals surface area contributed by atoms with Crippen LogP contribution in [0.2, 0.25) is 5.02 Å². The normalized spacial score (nSPS) is 12.2. The second-order valence-electron chi connectivity index (χ2n) is 7.18. The van der Waals surface area contributed by atoms with Gasteiger partial charge in [-0.25, -0.2) is 8.78 Å². The molecular weight excluding hydrogens is 414 g/mol. The van der Waals surface area contributed by atoms with Gasteiger partial charge in [0, 0.05) is 33.8 Å². The van der Waals surface area contributed by atoms with Crippen molar-refractivity contribution >= 4 is 34.3 Å². The molecule has 0 saturated heterocycles. The van der Waals surface area contributed by atoms with Crippen LogP contribution in [0, 0.1) is 18.6 Å². The number of fused-ring (bicyclic) bond motifs is 1. The Morgan fingerprint density at radius 3 is 2.47 bits per heavy atom. The number of phenolic OH excluding ortho intramolecular Hbond substituents is 1. The molecule has 30 heavy (non-hydrogen) atoms. The quantitative estimate of drug-likeness (QED) is 0.609. The van der Waals surface area contributed by atoms with Gasteiger partial charge >= 0.3 is 0 Å². The van der Waals surface area contributed by atoms with Crippen LogP contribution in [0.15, 0.2) is 30.3 Å². The van der Waals surface area contributed by atoms with Crippen LogP contribution >= 0.6 is 11.6 Å². The topological polar surface area (TPSA) is 71.3 Å². The number of hydrogen-bond acceptors (Lipinski definition) is 3. The number of nitrogens with zero attached hydrogens (tertiary/aromatic N) is 1. The molecule has 2 N–H and O–H groups in total. The largest absolute Gasteiger partial charge is 0.503 e. The molecule has 2 aromatic carbocycles. The van der Waals surface area contributed by atoms with E-state index >= 15 is 0 Å². The maximum Gasteiger partial charge on any atom is 0.262 e. The van der Waals surface area contributed by atoms with E-state index in [1.165, 1.54) is 24.3 Å². The van der Waals surface area contributed by atoms with E-state index in [0.29, 0.717) is 11.4 Å². The molecule has 0 saturated carbocycles. The SMILES string of the molecule is CCC(C)NC(=O)Cc1c(C)n(C(=O)c2ccc(Cl)cc2)c2cc(F)c(O)c(F)c12. The minimum absolute atomic E-state index is 0.0633. The molecule has 0 radical (unpaired) electrons. The summed E-state index contributed by atoms with van der Waals surface area (Å²) >= 11 is 5.87. The van der Waals surface area contributed by atoms with Crippen molar-refractivity contribution in [3.8, 4) is 5.75 Å². The van der Waals surface area contributed by atoms with E-state index < -0.39 is 23.3 Å². The van der Waals surface area contributed by atoms with E-state index in [1.807, 2.05) is 13.8 Å². The third-order valence-corrected chi connectivity index (χ3v) is 5.39. The lowest BCUT2D eigenvalue weighted by atomic mass is 10.1. The number of phenols is 1. The van der Waals surface area contributed by atoms with E-state index in [9.17, 15) is 23.5 Å². The van der Waals surface area contributed by atoms with E-state index in [4.69, 9.17) is 11.6 Å². The molecule has 1 atom stereocenters. The zero-order valence-electron chi connectivity index (χ0n) is 16.7. The number of hydrogen-bond donors (Lipinski definition) is 2. The molecule has 1 aromatic heterocycles. The van der Waals surface area contributed by atoms with E-state index in [0.717, 1.165) is 10.6 Å². The van der Waals surface area contributed by atoms with Crippen molar-refractivity contribution in [1.29, 1.82) is 0 Å². The Bertz CT molecular complexity index is 1140. The summed E-state index contributed by atoms with van der Waals surface area (Å²) < 4.78 is 30.1. The first kappa shape index (κ1) is 21.8. The summed E-state index contributed by atoms with van der Waals surface area (Å²) in [6.45, 7) is 5.29. The van der Waals surface area contributed by atoms with E-state index in [2.05, 4.69) is 5.32 Å². The molecule has 3 aromatic rings. The van der Waals surface area contributed by atoms with Gasteiger partial charge in [-0.15, -0.1) is 0 Å². The fourth-order valence-corrected chi connectivity index (χ4v) is 3.47. The second kappa shape index (κ2) is 8.44. The molecular formula is C22H21ClF2N2O3. The first-order valence-electron chi connectivity index (χ1n) is 9.46. The van der Waals surface area contributed by atoms with Crippen LogP contribution in [0.1, 0.15) is 41.9 Å². The van der Waals surface area contributed by atoms with Crippen LogP contribution in [0.3, 0.4) is 0 Å². The van der Waals surface area contributed by atoms with Gasteiger partial charge in [-0.1, -0.05) is 18.5 Å². The predicted octanol–water partition coefficient (Wildman–Crippen LogP) is 4.73. The molecule has 0 spiro atoms. The van der Waals surface area contributed by atoms with Gasteiger partial charge in [-0.3, -0.25) is 14.2 Å². The van der Waals surface area contributed by atoms with Crippen LogP contribution in [-0.4, -0.2) is 27.5 Å². The Hall–Kier alpha value is -2.93. The van der Waals surface area contributed by atoms with Gasteiger partial charge in [0.1, 0.15) is 0 Å². The van der Waals surface area contributed by atoms with Crippen molar-refractivity contribution in [1.82, 2.24) is 9.88 Å². The maximum absolute atomic E-state index is 14.8. The van der Waals surface area contributed by atoms with Crippen LogP contribution < -0.4 is 5.32 Å². The molecule has 8 heteroatoms. The van der Waals surface area contributed by atoms with Crippen molar-refractivity contribution in [2.24, 2.45) is 0 Å². The van der Waals surface area contributed by atoms with Crippen molar-refractivity contribution in [3.05, 3.63) is 63.8 Å². The van der Waals surface area contributed by atoms with Crippen molar-refractivity contribution in [2.75, 3.05) is 0 Å². The van der Waals surface area contributed by atoms with E-state index in [-0.39, 0.29) is 46.1 Å². The number of amides is 1. The summed E-state index contributed by atoms with van der Waals surface area (Å²) in [6.07, 6.45) is 0.484. The number of nitrogens with one attached hydrogen (secondary N) is 1. The summed E-state index contributed by atoms with van der Waals surface area (Å²) in [7, 11) is 0. The Balaban J connectivity index is 2.20. The van der Waals surface area contributed by atoms with Crippen LogP contribution in [0.4, 0.5) is 8.78 Å². The second-order valence-corrected chi connectivity index (χ2v) is 7.62. The number of carbonyl (C=O) groups excluding carboxylic acids is 2. The summed E-state index contributed by atoms with van der Waals surface area (Å²) in [4.78, 5) is 25.6. The highest BCUT2D eigenvalue weighted by atomic mass is 35.5. The monoisotopic (exact) mass is 434 g/mol. The average Bonchev–Trinajstić information content (AvgIpc) is 2.97. The van der Waals surface area contributed by atoms with E-state index in [1.54, 1.807) is 6.92 Å². The number of halogens is 3. The van der Waals surface area contributed by atoms with Gasteiger partial charge in [0.2, 0.25) is 5.91 Å². The highest BCUT2D eigenvalue weighted by Gasteiger charge is 2.27. The molecule has 0 aliphatic heterocycles. The molecule has 0 aliphatic rings. The van der Waals surface area contributed by atoms with Gasteiger partial charge in [-0.05, 0) is 50.1 Å². The number of rotatable bonds is 5. The average molecular weight is 435 g/mol. The molecule has 0 aliphatic carbocycles. The number of benzene rings is 2. The molecule has 0 fully saturated rings. The van der Waals surface area contributed by atoms with Crippen molar-refractivity contribution < 1.29 is 23.5 Å². The van der Waals surface area contributed by atoms with Gasteiger partial charge in [0.25, 0.3) is 5.91 Å². The molecule has 3 rings (SSSR count). The summed E-state index contributed by atoms with van der Waals surface area (Å²) in [5.41, 5.74) is 0.685. The van der Waals surface area contributed by atoms with Crippen LogP contribution in [-0.2, 0) is 11.2 Å². The third kappa shape index (κ3) is 3.89. The minimum Gasteiger partial charge on any atom is -0.503 e. The Labute approximate surface area is 177 Å². The first-order valence-corrected chi connectivity index (χ1v) is 9.83. The van der Waals surface area contributed by atoms with Crippen LogP contribution in [0.25, 0.3) is 10.9 Å². The minimum atomic E-state index is -1.21. The lowest BCUT2D eigenvalue weighted by molar-refractivity contribution is -0.121. The Kier molecular flexibility index (Phi) is 6.12. The molecule has 158 valence electrons. The molecule has 1 unspecified atom stereocenters. The zero-order chi connectivity index (χ0) is 22.2. The standard InChI is InChI=1S/C22H21ClF2N2O3/c1-4-11(2)26-18(28)9-15-12(3)27(22(30)13-5-7-14(23)8-6-13)17-10-16(24)21(29)20(25)19(15)17/h5-8,10-11,29H,4,9H2,1-3H3,(H,26,28). The molecule has 1 amide bonds. The fraction of sp³-hybridized carbons (Fsp3) is 0.273. The van der Waals surface area contributed by atoms with Crippen molar-refractivity contribution in [2.45, 2.75) is 39.7 Å². The molecule has 0 bridgehead atoms. The highest BCUT2D eigenvalue weighted by molar-refractivity contribution is 6.30. The number of aromatic hydroxyl groups is 1. The zero-order valence-corrected chi connectivity index (χ0v) is 17.5. The van der Waals surface area contributed by atoms with Gasteiger partial charge in [-0.2, -0.15) is 0 Å². The van der Waals surface area contributed by atoms with Gasteiger partial charge in [0.15, 0.2) is 17.4 Å². The fourth-order valence-electron chi connectivity index (χ4n) is 3.34. The number of aromatic nitrogens is 1. The highest BCUT2D eigenvalue weighted by Crippen LogP contribution is 2.35. The van der Waals surface area contributed by atoms with Gasteiger partial charge in [0.05, 0.1) is 11.9 Å². The Morgan fingerprint density at radius 2 is 1.87 bits per heavy atom.